The molecule has 1 heterocycles. The smallest absolute Gasteiger partial charge is 0.183 e. The molecule has 0 aromatic heterocycles. The number of halogens is 2. The lowest BCUT2D eigenvalue weighted by molar-refractivity contribution is -0.0460. The Labute approximate surface area is 169 Å². The Hall–Kier alpha value is -1.85. The molecule has 0 aliphatic carbocycles. The molecule has 6 heteroatoms. The average molecular weight is 405 g/mol. The maximum absolute atomic E-state index is 12.7. The lowest BCUT2D eigenvalue weighted by atomic mass is 10.0. The lowest BCUT2D eigenvalue weighted by Crippen LogP contribution is -2.41. The third-order valence-corrected chi connectivity index (χ3v) is 5.94. The Kier molecular flexibility index (Phi) is 5.63. The summed E-state index contributed by atoms with van der Waals surface area (Å²) in [4.78, 5) is 12.7. The first-order valence-corrected chi connectivity index (χ1v) is 9.42. The van der Waals surface area contributed by atoms with Crippen molar-refractivity contribution in [1.29, 1.82) is 0 Å². The van der Waals surface area contributed by atoms with Gasteiger partial charge < -0.3 is 5.11 Å². The molecule has 1 atom stereocenters. The number of carbonyl (C=O) groups is 1. The number of rotatable bonds is 4. The number of aliphatic hydroxyl groups is 1. The summed E-state index contributed by atoms with van der Waals surface area (Å²) in [5.41, 5.74) is 4.70. The molecular weight excluding hydrogens is 383 g/mol. The van der Waals surface area contributed by atoms with E-state index in [0.717, 1.165) is 22.4 Å². The number of ketones is 1. The van der Waals surface area contributed by atoms with Crippen molar-refractivity contribution in [2.45, 2.75) is 27.0 Å². The van der Waals surface area contributed by atoms with Crippen LogP contribution in [0.1, 0.15) is 34.0 Å². The van der Waals surface area contributed by atoms with Crippen molar-refractivity contribution in [3.63, 3.8) is 0 Å². The molecule has 0 amide bonds. The molecule has 2 aromatic rings. The molecular formula is C21H22Cl2N2O2. The highest BCUT2D eigenvalue weighted by atomic mass is 35.5. The van der Waals surface area contributed by atoms with E-state index in [9.17, 15) is 9.90 Å². The summed E-state index contributed by atoms with van der Waals surface area (Å²) in [6.07, 6.45) is -0.895. The lowest BCUT2D eigenvalue weighted by Gasteiger charge is -2.29. The Balaban J connectivity index is 1.95. The molecule has 0 radical (unpaired) electrons. The number of hydrogen-bond acceptors (Lipinski definition) is 4. The van der Waals surface area contributed by atoms with Crippen molar-refractivity contribution in [3.05, 3.63) is 74.4 Å². The quantitative estimate of drug-likeness (QED) is 0.749. The Bertz CT molecular complexity index is 923. The molecule has 0 fully saturated rings. The van der Waals surface area contributed by atoms with Gasteiger partial charge in [-0.1, -0.05) is 59.1 Å². The third-order valence-electron chi connectivity index (χ3n) is 5.05. The zero-order valence-electron chi connectivity index (χ0n) is 15.8. The SMILES string of the molecule is CC1=C(c2ccc(Cl)c(C)c2Cl)C(O)N(C)N1CC(=O)c1ccc(C)cc1. The summed E-state index contributed by atoms with van der Waals surface area (Å²) >= 11 is 12.6. The maximum Gasteiger partial charge on any atom is 0.183 e. The number of hydrogen-bond donors (Lipinski definition) is 1. The van der Waals surface area contributed by atoms with Crippen LogP contribution in [0, 0.1) is 13.8 Å². The molecule has 0 spiro atoms. The van der Waals surface area contributed by atoms with E-state index in [-0.39, 0.29) is 12.3 Å². The van der Waals surface area contributed by atoms with Gasteiger partial charge in [0.1, 0.15) is 0 Å². The number of carbonyl (C=O) groups excluding carboxylic acids is 1. The second kappa shape index (κ2) is 7.64. The van der Waals surface area contributed by atoms with Gasteiger partial charge in [-0.2, -0.15) is 5.01 Å². The minimum absolute atomic E-state index is 0.0203. The van der Waals surface area contributed by atoms with Gasteiger partial charge >= 0.3 is 0 Å². The number of aliphatic hydroxyl groups excluding tert-OH is 1. The van der Waals surface area contributed by atoms with Crippen LogP contribution in [0.15, 0.2) is 42.1 Å². The van der Waals surface area contributed by atoms with Gasteiger partial charge in [-0.25, -0.2) is 0 Å². The first-order valence-electron chi connectivity index (χ1n) is 8.66. The van der Waals surface area contributed by atoms with Gasteiger partial charge in [0.2, 0.25) is 0 Å². The highest BCUT2D eigenvalue weighted by Crippen LogP contribution is 2.39. The zero-order valence-corrected chi connectivity index (χ0v) is 17.3. The summed E-state index contributed by atoms with van der Waals surface area (Å²) in [5, 5.41) is 15.3. The van der Waals surface area contributed by atoms with Crippen LogP contribution in [-0.2, 0) is 0 Å². The van der Waals surface area contributed by atoms with Gasteiger partial charge in [0, 0.05) is 34.5 Å². The van der Waals surface area contributed by atoms with Crippen LogP contribution in [0.2, 0.25) is 10.0 Å². The predicted octanol–water partition coefficient (Wildman–Crippen LogP) is 4.70. The molecule has 4 nitrogen and oxygen atoms in total. The number of nitrogens with zero attached hydrogens (tertiary/aromatic N) is 2. The summed E-state index contributed by atoms with van der Waals surface area (Å²) < 4.78 is 0. The van der Waals surface area contributed by atoms with Crippen LogP contribution < -0.4 is 0 Å². The summed E-state index contributed by atoms with van der Waals surface area (Å²) in [5.74, 6) is -0.0203. The van der Waals surface area contributed by atoms with Crippen LogP contribution in [0.5, 0.6) is 0 Å². The van der Waals surface area contributed by atoms with Crippen molar-refractivity contribution in [1.82, 2.24) is 10.0 Å². The maximum atomic E-state index is 12.7. The van der Waals surface area contributed by atoms with Gasteiger partial charge in [-0.3, -0.25) is 9.80 Å². The van der Waals surface area contributed by atoms with E-state index in [1.807, 2.05) is 45.0 Å². The van der Waals surface area contributed by atoms with Gasteiger partial charge in [-0.15, -0.1) is 0 Å². The standard InChI is InChI=1S/C21H22Cl2N2O2/c1-12-5-7-15(8-6-12)18(26)11-25-14(3)19(21(27)24(25)4)16-9-10-17(22)13(2)20(16)23/h5-10,21,27H,11H2,1-4H3. The van der Waals surface area contributed by atoms with Crippen LogP contribution in [0.4, 0.5) is 0 Å². The fourth-order valence-electron chi connectivity index (χ4n) is 3.28. The van der Waals surface area contributed by atoms with Crippen LogP contribution in [-0.4, -0.2) is 40.7 Å². The first kappa shape index (κ1) is 19.9. The van der Waals surface area contributed by atoms with E-state index in [1.54, 1.807) is 29.2 Å². The van der Waals surface area contributed by atoms with E-state index < -0.39 is 6.23 Å². The molecule has 27 heavy (non-hydrogen) atoms. The minimum Gasteiger partial charge on any atom is -0.372 e. The average Bonchev–Trinajstić information content (AvgIpc) is 2.84. The fourth-order valence-corrected chi connectivity index (χ4v) is 3.75. The van der Waals surface area contributed by atoms with Gasteiger partial charge in [0.25, 0.3) is 0 Å². The second-order valence-corrected chi connectivity index (χ2v) is 7.61. The Morgan fingerprint density at radius 2 is 1.70 bits per heavy atom. The van der Waals surface area contributed by atoms with Crippen molar-refractivity contribution < 1.29 is 9.90 Å². The summed E-state index contributed by atoms with van der Waals surface area (Å²) in [7, 11) is 1.75. The van der Waals surface area contributed by atoms with Gasteiger partial charge in [-0.05, 0) is 32.4 Å². The molecule has 1 aliphatic rings. The molecule has 2 aromatic carbocycles. The summed E-state index contributed by atoms with van der Waals surface area (Å²) in [6, 6.07) is 11.1. The number of allylic oxidation sites excluding steroid dienone is 1. The zero-order chi connectivity index (χ0) is 19.9. The molecule has 3 rings (SSSR count). The van der Waals surface area contributed by atoms with Crippen molar-refractivity contribution in [3.8, 4) is 0 Å². The van der Waals surface area contributed by atoms with Crippen LogP contribution in [0.25, 0.3) is 5.57 Å². The molecule has 0 bridgehead atoms. The molecule has 0 saturated carbocycles. The van der Waals surface area contributed by atoms with Gasteiger partial charge in [0.15, 0.2) is 12.0 Å². The normalized spacial score (nSPS) is 17.7. The number of Topliss-reactive ketones (excluding diaryl/α,β-unsaturated/α-hetero) is 1. The highest BCUT2D eigenvalue weighted by molar-refractivity contribution is 6.37. The Morgan fingerprint density at radius 3 is 2.33 bits per heavy atom. The topological polar surface area (TPSA) is 43.8 Å². The minimum atomic E-state index is -0.895. The number of likely N-dealkylation sites (N-methyl/N-ethyl adjacent to an activating group) is 1. The molecule has 1 unspecified atom stereocenters. The van der Waals surface area contributed by atoms with Crippen LogP contribution in [0.3, 0.4) is 0 Å². The van der Waals surface area contributed by atoms with Crippen molar-refractivity contribution in [2.75, 3.05) is 13.6 Å². The number of aryl methyl sites for hydroxylation is 1. The van der Waals surface area contributed by atoms with Crippen molar-refractivity contribution >= 4 is 34.6 Å². The largest absolute Gasteiger partial charge is 0.372 e. The predicted molar refractivity (Wildman–Crippen MR) is 110 cm³/mol. The van der Waals surface area contributed by atoms with Crippen molar-refractivity contribution in [2.24, 2.45) is 0 Å². The van der Waals surface area contributed by atoms with Gasteiger partial charge in [0.05, 0.1) is 11.6 Å². The Morgan fingerprint density at radius 1 is 1.07 bits per heavy atom. The number of benzene rings is 2. The molecule has 142 valence electrons. The van der Waals surface area contributed by atoms with E-state index >= 15 is 0 Å². The monoisotopic (exact) mass is 404 g/mol. The third kappa shape index (κ3) is 3.63. The van der Waals surface area contributed by atoms with E-state index in [2.05, 4.69) is 0 Å². The second-order valence-electron chi connectivity index (χ2n) is 6.83. The van der Waals surface area contributed by atoms with E-state index in [1.165, 1.54) is 0 Å². The first-order chi connectivity index (χ1) is 12.7. The highest BCUT2D eigenvalue weighted by Gasteiger charge is 2.36. The molecule has 1 N–H and O–H groups in total. The molecule has 0 saturated heterocycles. The van der Waals surface area contributed by atoms with E-state index in [4.69, 9.17) is 23.2 Å². The number of hydrazine groups is 1. The molecule has 1 aliphatic heterocycles. The fraction of sp³-hybridized carbons (Fsp3) is 0.286. The summed E-state index contributed by atoms with van der Waals surface area (Å²) in [6.45, 7) is 5.84. The van der Waals surface area contributed by atoms with Crippen LogP contribution >= 0.6 is 23.2 Å². The van der Waals surface area contributed by atoms with E-state index in [0.29, 0.717) is 21.2 Å².